The van der Waals surface area contributed by atoms with Crippen LogP contribution in [-0.2, 0) is 26.2 Å². The number of primary amides is 1. The molecular weight excluding hydrogens is 458 g/mol. The molecule has 2 heterocycles. The second kappa shape index (κ2) is 9.49. The molecule has 2 amide bonds. The van der Waals surface area contributed by atoms with Gasteiger partial charge in [-0.05, 0) is 46.3 Å². The summed E-state index contributed by atoms with van der Waals surface area (Å²) in [4.78, 5) is 12.0. The number of carbonyl (C=O) groups is 1. The number of fused-ring (bicyclic) bond motifs is 4. The molecule has 184 valence electrons. The Hall–Kier alpha value is -4.14. The number of anilines is 1. The van der Waals surface area contributed by atoms with Crippen molar-refractivity contribution < 1.29 is 29.0 Å². The molecule has 1 aliphatic rings. The van der Waals surface area contributed by atoms with E-state index >= 15 is 0 Å². The van der Waals surface area contributed by atoms with Crippen molar-refractivity contribution in [2.75, 3.05) is 19.5 Å². The molecule has 5 rings (SSSR count). The second-order valence-corrected chi connectivity index (χ2v) is 8.68. The van der Waals surface area contributed by atoms with E-state index in [0.29, 0.717) is 41.4 Å². The van der Waals surface area contributed by atoms with E-state index in [9.17, 15) is 15.0 Å². The second-order valence-electron chi connectivity index (χ2n) is 8.68. The highest BCUT2D eigenvalue weighted by atomic mass is 16.5. The lowest BCUT2D eigenvalue weighted by molar-refractivity contribution is -0.672. The predicted molar refractivity (Wildman–Crippen MR) is 137 cm³/mol. The van der Waals surface area contributed by atoms with Crippen molar-refractivity contribution in [2.45, 2.75) is 26.2 Å². The number of nitrogens with zero attached hydrogens (tertiary/aromatic N) is 1. The van der Waals surface area contributed by atoms with Gasteiger partial charge in [0, 0.05) is 23.1 Å². The summed E-state index contributed by atoms with van der Waals surface area (Å²) in [6.45, 7) is 0.118. The van der Waals surface area contributed by atoms with Crippen LogP contribution < -0.4 is 25.1 Å². The van der Waals surface area contributed by atoms with Crippen LogP contribution in [0.15, 0.2) is 54.6 Å². The molecule has 4 aromatic rings. The van der Waals surface area contributed by atoms with Crippen LogP contribution in [0.2, 0.25) is 0 Å². The summed E-state index contributed by atoms with van der Waals surface area (Å²) in [5.41, 5.74) is 11.5. The normalized spacial score (nSPS) is 12.1. The monoisotopic (exact) mass is 486 g/mol. The number of ether oxygens (including phenoxy) is 2. The number of carbonyl (C=O) groups excluding carboxylic acids is 1. The molecule has 3 aromatic carbocycles. The summed E-state index contributed by atoms with van der Waals surface area (Å²) >= 11 is 0. The van der Waals surface area contributed by atoms with Crippen molar-refractivity contribution >= 4 is 22.6 Å². The highest BCUT2D eigenvalue weighted by Gasteiger charge is 2.32. The number of nitrogens with two attached hydrogens (primary N) is 1. The van der Waals surface area contributed by atoms with Gasteiger partial charge in [-0.25, -0.2) is 9.36 Å². The van der Waals surface area contributed by atoms with Gasteiger partial charge in [0.15, 0.2) is 11.5 Å². The summed E-state index contributed by atoms with van der Waals surface area (Å²) in [5, 5.41) is 24.0. The first-order chi connectivity index (χ1) is 17.5. The molecule has 36 heavy (non-hydrogen) atoms. The van der Waals surface area contributed by atoms with Crippen LogP contribution in [0.1, 0.15) is 16.7 Å². The smallest absolute Gasteiger partial charge is 0.404 e. The van der Waals surface area contributed by atoms with Gasteiger partial charge in [-0.1, -0.05) is 30.3 Å². The lowest BCUT2D eigenvalue weighted by atomic mass is 9.89. The minimum absolute atomic E-state index is 0.214. The highest BCUT2D eigenvalue weighted by Crippen LogP contribution is 2.47. The van der Waals surface area contributed by atoms with Crippen molar-refractivity contribution in [3.8, 4) is 33.9 Å². The van der Waals surface area contributed by atoms with Crippen LogP contribution in [-0.4, -0.2) is 30.5 Å². The van der Waals surface area contributed by atoms with Gasteiger partial charge in [-0.2, -0.15) is 5.32 Å². The van der Waals surface area contributed by atoms with Crippen LogP contribution in [0, 0.1) is 0 Å². The van der Waals surface area contributed by atoms with Crippen molar-refractivity contribution in [2.24, 2.45) is 5.73 Å². The van der Waals surface area contributed by atoms with Crippen molar-refractivity contribution in [3.05, 3.63) is 71.3 Å². The molecule has 0 spiro atoms. The summed E-state index contributed by atoms with van der Waals surface area (Å²) < 4.78 is 13.7. The minimum Gasteiger partial charge on any atom is -0.493 e. The third kappa shape index (κ3) is 3.80. The topological polar surface area (TPSA) is 118 Å². The third-order valence-corrected chi connectivity index (χ3v) is 6.76. The van der Waals surface area contributed by atoms with Gasteiger partial charge >= 0.3 is 6.03 Å². The quantitative estimate of drug-likeness (QED) is 0.311. The molecule has 0 aliphatic carbocycles. The molecule has 8 heteroatoms. The molecule has 0 saturated heterocycles. The number of hydrogen-bond acceptors (Lipinski definition) is 5. The summed E-state index contributed by atoms with van der Waals surface area (Å²) in [5.74, 6) is 1.88. The Kier molecular flexibility index (Phi) is 6.22. The number of nitrogens with one attached hydrogen (secondary N) is 1. The fourth-order valence-electron chi connectivity index (χ4n) is 5.15. The maximum atomic E-state index is 12.0. The first-order valence-corrected chi connectivity index (χ1v) is 11.6. The Balaban J connectivity index is 1.86. The Morgan fingerprint density at radius 2 is 1.67 bits per heavy atom. The Labute approximate surface area is 208 Å². The zero-order valence-electron chi connectivity index (χ0n) is 20.2. The van der Waals surface area contributed by atoms with Crippen molar-refractivity contribution in [3.63, 3.8) is 0 Å². The number of methoxy groups -OCH3 is 2. The van der Waals surface area contributed by atoms with E-state index in [1.54, 1.807) is 20.3 Å². The van der Waals surface area contributed by atoms with Crippen LogP contribution in [0.3, 0.4) is 0 Å². The van der Waals surface area contributed by atoms with Gasteiger partial charge in [0.05, 0.1) is 39.4 Å². The highest BCUT2D eigenvalue weighted by molar-refractivity contribution is 6.00. The van der Waals surface area contributed by atoms with E-state index < -0.39 is 6.03 Å². The number of rotatable bonds is 6. The first kappa shape index (κ1) is 23.6. The average Bonchev–Trinajstić information content (AvgIpc) is 2.91. The Morgan fingerprint density at radius 3 is 2.31 bits per heavy atom. The molecule has 1 aliphatic heterocycles. The standard InChI is InChI=1S/C28H27N3O5/c1-35-25-20-8-9-31-24(23(20)13-21(26(25)36-2)16-6-4-3-5-7-16)12-17-10-18(14-32)19(15-33)11-22(17)27(31)30-28(29)34/h3-7,10-13,32-33H,8-9,14-15H2,1-2H3,(H2,29,34)/p+1. The summed E-state index contributed by atoms with van der Waals surface area (Å²) in [6.07, 6.45) is 0.641. The number of aliphatic hydroxyl groups excluding tert-OH is 2. The van der Waals surface area contributed by atoms with Gasteiger partial charge < -0.3 is 25.4 Å². The van der Waals surface area contributed by atoms with Gasteiger partial charge in [0.1, 0.15) is 5.69 Å². The average molecular weight is 487 g/mol. The molecule has 0 unspecified atom stereocenters. The molecule has 0 bridgehead atoms. The lowest BCUT2D eigenvalue weighted by Crippen LogP contribution is -2.44. The van der Waals surface area contributed by atoms with Crippen LogP contribution >= 0.6 is 0 Å². The molecule has 0 fully saturated rings. The molecule has 0 atom stereocenters. The lowest BCUT2D eigenvalue weighted by Gasteiger charge is -2.25. The number of aromatic nitrogens is 1. The van der Waals surface area contributed by atoms with E-state index in [2.05, 4.69) is 11.4 Å². The Morgan fingerprint density at radius 1 is 0.972 bits per heavy atom. The van der Waals surface area contributed by atoms with Crippen molar-refractivity contribution in [1.29, 1.82) is 0 Å². The number of benzene rings is 3. The summed E-state index contributed by atoms with van der Waals surface area (Å²) in [6, 6.07) is 17.0. The third-order valence-electron chi connectivity index (χ3n) is 6.76. The number of aliphatic hydroxyl groups is 2. The molecule has 0 radical (unpaired) electrons. The van der Waals surface area contributed by atoms with E-state index in [1.165, 1.54) is 0 Å². The summed E-state index contributed by atoms with van der Waals surface area (Å²) in [7, 11) is 3.28. The number of amides is 2. The van der Waals surface area contributed by atoms with E-state index in [4.69, 9.17) is 15.2 Å². The van der Waals surface area contributed by atoms with Gasteiger partial charge in [-0.3, -0.25) is 0 Å². The maximum Gasteiger partial charge on any atom is 0.404 e. The van der Waals surface area contributed by atoms with Crippen LogP contribution in [0.5, 0.6) is 11.5 Å². The SMILES string of the molecule is COc1c(-c2ccccc2)cc2c(c1OC)CC[n+]1c-2cc2cc(CO)c(CO)cc2c1NC(N)=O. The van der Waals surface area contributed by atoms with Crippen molar-refractivity contribution in [1.82, 2.24) is 0 Å². The van der Waals surface area contributed by atoms with Gasteiger partial charge in [0.25, 0.3) is 5.82 Å². The molecular formula is C28H28N3O5+. The molecule has 1 aromatic heterocycles. The molecule has 0 saturated carbocycles. The maximum absolute atomic E-state index is 12.0. The largest absolute Gasteiger partial charge is 0.493 e. The fourth-order valence-corrected chi connectivity index (χ4v) is 5.15. The Bertz CT molecular complexity index is 1480. The van der Waals surface area contributed by atoms with E-state index in [-0.39, 0.29) is 13.2 Å². The number of pyridine rings is 1. The van der Waals surface area contributed by atoms with Gasteiger partial charge in [0.2, 0.25) is 0 Å². The zero-order valence-corrected chi connectivity index (χ0v) is 20.2. The van der Waals surface area contributed by atoms with E-state index in [1.807, 2.05) is 47.0 Å². The first-order valence-electron chi connectivity index (χ1n) is 11.6. The van der Waals surface area contributed by atoms with Crippen LogP contribution in [0.25, 0.3) is 33.2 Å². The zero-order chi connectivity index (χ0) is 25.4. The molecule has 5 N–H and O–H groups in total. The fraction of sp³-hybridized carbons (Fsp3) is 0.214. The predicted octanol–water partition coefficient (Wildman–Crippen LogP) is 3.51. The number of hydrogen-bond donors (Lipinski definition) is 4. The minimum atomic E-state index is -0.683. The van der Waals surface area contributed by atoms with Gasteiger partial charge in [-0.15, -0.1) is 0 Å². The van der Waals surface area contributed by atoms with Crippen LogP contribution in [0.4, 0.5) is 10.6 Å². The van der Waals surface area contributed by atoms with E-state index in [0.717, 1.165) is 38.7 Å². The molecule has 8 nitrogen and oxygen atoms in total. The number of urea groups is 1.